The number of nitrogens with one attached hydrogen (secondary N) is 1. The third-order valence-electron chi connectivity index (χ3n) is 5.16. The van der Waals surface area contributed by atoms with Crippen molar-refractivity contribution in [3.8, 4) is 5.69 Å². The summed E-state index contributed by atoms with van der Waals surface area (Å²) in [5, 5.41) is 19.2. The van der Waals surface area contributed by atoms with Crippen LogP contribution in [0.3, 0.4) is 0 Å². The van der Waals surface area contributed by atoms with Crippen LogP contribution in [0.1, 0.15) is 29.9 Å². The van der Waals surface area contributed by atoms with Crippen LogP contribution in [-0.4, -0.2) is 49.0 Å². The molecule has 146 valence electrons. The topological polar surface area (TPSA) is 93.8 Å². The molecule has 28 heavy (non-hydrogen) atoms. The number of carbonyl (C=O) groups excluding carboxylic acids is 1. The molecule has 0 saturated carbocycles. The fourth-order valence-corrected chi connectivity index (χ4v) is 3.48. The summed E-state index contributed by atoms with van der Waals surface area (Å²) < 4.78 is 3.48. The van der Waals surface area contributed by atoms with Crippen molar-refractivity contribution in [1.29, 1.82) is 0 Å². The summed E-state index contributed by atoms with van der Waals surface area (Å²) in [5.41, 5.74) is 3.57. The number of aryl methyl sites for hydroxylation is 2. The highest BCUT2D eigenvalue weighted by molar-refractivity contribution is 5.95. The fraction of sp³-hybridized carbons (Fsp3) is 0.421. The minimum Gasteiger partial charge on any atom is -0.353 e. The van der Waals surface area contributed by atoms with Gasteiger partial charge >= 0.3 is 0 Å². The molecule has 1 N–H and O–H groups in total. The van der Waals surface area contributed by atoms with Crippen molar-refractivity contribution in [3.05, 3.63) is 41.3 Å². The van der Waals surface area contributed by atoms with Crippen molar-refractivity contribution in [2.24, 2.45) is 7.05 Å². The van der Waals surface area contributed by atoms with Gasteiger partial charge in [0.15, 0.2) is 11.6 Å². The van der Waals surface area contributed by atoms with Gasteiger partial charge in [-0.05, 0) is 54.8 Å². The number of tetrazole rings is 1. The number of benzene rings is 1. The molecule has 1 aliphatic heterocycles. The van der Waals surface area contributed by atoms with E-state index in [4.69, 9.17) is 0 Å². The standard InChI is InChI=1S/C19H24N8O/c1-13-18(19(22-25(13)3)26-10-4-5-11-26)20-17(28)12-15-6-8-16(9-7-15)27-14(2)21-23-24-27/h6-9H,4-5,10-12H2,1-3H3,(H,20,28). The Morgan fingerprint density at radius 1 is 1.14 bits per heavy atom. The Morgan fingerprint density at radius 3 is 2.50 bits per heavy atom. The number of hydrogen-bond donors (Lipinski definition) is 1. The van der Waals surface area contributed by atoms with E-state index in [1.54, 1.807) is 4.68 Å². The van der Waals surface area contributed by atoms with Crippen molar-refractivity contribution < 1.29 is 4.79 Å². The third-order valence-corrected chi connectivity index (χ3v) is 5.16. The van der Waals surface area contributed by atoms with Crippen LogP contribution in [0.2, 0.25) is 0 Å². The third kappa shape index (κ3) is 3.47. The largest absolute Gasteiger partial charge is 0.353 e. The summed E-state index contributed by atoms with van der Waals surface area (Å²) in [6.07, 6.45) is 2.62. The van der Waals surface area contributed by atoms with Gasteiger partial charge in [0.2, 0.25) is 5.91 Å². The molecule has 2 aromatic heterocycles. The van der Waals surface area contributed by atoms with Gasteiger partial charge in [-0.15, -0.1) is 5.10 Å². The molecule has 0 unspecified atom stereocenters. The fourth-order valence-electron chi connectivity index (χ4n) is 3.48. The van der Waals surface area contributed by atoms with Crippen molar-refractivity contribution >= 4 is 17.4 Å². The average molecular weight is 380 g/mol. The lowest BCUT2D eigenvalue weighted by Gasteiger charge is -2.16. The quantitative estimate of drug-likeness (QED) is 0.725. The van der Waals surface area contributed by atoms with E-state index in [1.165, 1.54) is 0 Å². The van der Waals surface area contributed by atoms with E-state index >= 15 is 0 Å². The molecule has 1 amide bonds. The van der Waals surface area contributed by atoms with Crippen LogP contribution in [0, 0.1) is 13.8 Å². The Bertz CT molecular complexity index is 982. The van der Waals surface area contributed by atoms with Crippen LogP contribution in [0.4, 0.5) is 11.5 Å². The van der Waals surface area contributed by atoms with E-state index in [0.717, 1.165) is 54.4 Å². The van der Waals surface area contributed by atoms with Crippen molar-refractivity contribution in [2.75, 3.05) is 23.3 Å². The SMILES string of the molecule is Cc1c(NC(=O)Cc2ccc(-n3nnnc3C)cc2)c(N2CCCC2)nn1C. The van der Waals surface area contributed by atoms with Crippen LogP contribution in [0.25, 0.3) is 5.69 Å². The predicted molar refractivity (Wildman–Crippen MR) is 106 cm³/mol. The predicted octanol–water partition coefficient (Wildman–Crippen LogP) is 1.79. The molecule has 0 bridgehead atoms. The molecule has 9 nitrogen and oxygen atoms in total. The first-order valence-corrected chi connectivity index (χ1v) is 9.45. The van der Waals surface area contributed by atoms with Crippen LogP contribution in [-0.2, 0) is 18.3 Å². The molecule has 3 aromatic rings. The van der Waals surface area contributed by atoms with Crippen LogP contribution in [0.15, 0.2) is 24.3 Å². The Balaban J connectivity index is 1.47. The molecular formula is C19H24N8O. The molecule has 0 aliphatic carbocycles. The lowest BCUT2D eigenvalue weighted by Crippen LogP contribution is -2.22. The number of hydrogen-bond acceptors (Lipinski definition) is 6. The number of carbonyl (C=O) groups is 1. The summed E-state index contributed by atoms with van der Waals surface area (Å²) in [4.78, 5) is 14.9. The monoisotopic (exact) mass is 380 g/mol. The van der Waals surface area contributed by atoms with Crippen LogP contribution in [0.5, 0.6) is 0 Å². The second-order valence-corrected chi connectivity index (χ2v) is 7.13. The van der Waals surface area contributed by atoms with Gasteiger partial charge in [0.25, 0.3) is 0 Å². The first kappa shape index (κ1) is 18.1. The maximum absolute atomic E-state index is 12.7. The first-order valence-electron chi connectivity index (χ1n) is 9.45. The molecule has 4 rings (SSSR count). The second kappa shape index (κ2) is 7.41. The Kier molecular flexibility index (Phi) is 4.81. The molecule has 3 heterocycles. The average Bonchev–Trinajstić information content (AvgIpc) is 3.40. The Morgan fingerprint density at radius 2 is 1.86 bits per heavy atom. The zero-order chi connectivity index (χ0) is 19.7. The van der Waals surface area contributed by atoms with E-state index in [9.17, 15) is 4.79 Å². The summed E-state index contributed by atoms with van der Waals surface area (Å²) in [7, 11) is 1.91. The minimum atomic E-state index is -0.0529. The van der Waals surface area contributed by atoms with Crippen LogP contribution >= 0.6 is 0 Å². The number of rotatable bonds is 5. The first-order chi connectivity index (χ1) is 13.5. The smallest absolute Gasteiger partial charge is 0.228 e. The second-order valence-electron chi connectivity index (χ2n) is 7.13. The summed E-state index contributed by atoms with van der Waals surface area (Å²) >= 11 is 0. The zero-order valence-corrected chi connectivity index (χ0v) is 16.4. The maximum atomic E-state index is 12.7. The van der Waals surface area contributed by atoms with E-state index in [0.29, 0.717) is 12.2 Å². The highest BCUT2D eigenvalue weighted by Crippen LogP contribution is 2.30. The van der Waals surface area contributed by atoms with Crippen molar-refractivity contribution in [2.45, 2.75) is 33.1 Å². The molecule has 1 aromatic carbocycles. The molecule has 9 heteroatoms. The van der Waals surface area contributed by atoms with E-state index in [2.05, 4.69) is 30.8 Å². The number of anilines is 2. The van der Waals surface area contributed by atoms with Gasteiger partial charge in [-0.3, -0.25) is 9.48 Å². The Labute approximate surface area is 163 Å². The van der Waals surface area contributed by atoms with Gasteiger partial charge in [0.05, 0.1) is 17.8 Å². The summed E-state index contributed by atoms with van der Waals surface area (Å²) in [6, 6.07) is 7.68. The Hall–Kier alpha value is -3.23. The number of nitrogens with zero attached hydrogens (tertiary/aromatic N) is 7. The zero-order valence-electron chi connectivity index (χ0n) is 16.4. The van der Waals surface area contributed by atoms with E-state index < -0.39 is 0 Å². The molecule has 1 aliphatic rings. The molecule has 0 atom stereocenters. The van der Waals surface area contributed by atoms with Gasteiger partial charge < -0.3 is 10.2 Å². The van der Waals surface area contributed by atoms with E-state index in [1.807, 2.05) is 49.8 Å². The van der Waals surface area contributed by atoms with Gasteiger partial charge in [-0.25, -0.2) is 0 Å². The lowest BCUT2D eigenvalue weighted by atomic mass is 10.1. The molecule has 1 saturated heterocycles. The molecule has 1 fully saturated rings. The normalized spacial score (nSPS) is 13.9. The summed E-state index contributed by atoms with van der Waals surface area (Å²) in [6.45, 7) is 5.79. The molecule has 0 spiro atoms. The van der Waals surface area contributed by atoms with Crippen molar-refractivity contribution in [3.63, 3.8) is 0 Å². The minimum absolute atomic E-state index is 0.0529. The lowest BCUT2D eigenvalue weighted by molar-refractivity contribution is -0.115. The summed E-state index contributed by atoms with van der Waals surface area (Å²) in [5.74, 6) is 1.53. The molecular weight excluding hydrogens is 356 g/mol. The maximum Gasteiger partial charge on any atom is 0.228 e. The number of amides is 1. The highest BCUT2D eigenvalue weighted by Gasteiger charge is 2.23. The van der Waals surface area contributed by atoms with Gasteiger partial charge in [0.1, 0.15) is 5.69 Å². The van der Waals surface area contributed by atoms with E-state index in [-0.39, 0.29) is 5.91 Å². The van der Waals surface area contributed by atoms with Gasteiger partial charge in [-0.1, -0.05) is 12.1 Å². The van der Waals surface area contributed by atoms with Crippen LogP contribution < -0.4 is 10.2 Å². The highest BCUT2D eigenvalue weighted by atomic mass is 16.1. The molecule has 0 radical (unpaired) electrons. The van der Waals surface area contributed by atoms with Gasteiger partial charge in [-0.2, -0.15) is 9.78 Å². The van der Waals surface area contributed by atoms with Gasteiger partial charge in [0, 0.05) is 20.1 Å². The number of aromatic nitrogens is 6. The van der Waals surface area contributed by atoms with Crippen molar-refractivity contribution in [1.82, 2.24) is 30.0 Å².